The number of pyridine rings is 1. The highest BCUT2D eigenvalue weighted by atomic mass is 16.2. The van der Waals surface area contributed by atoms with Crippen molar-refractivity contribution in [3.8, 4) is 0 Å². The minimum Gasteiger partial charge on any atom is -0.296 e. The molecule has 0 spiro atoms. The number of amides is 4. The molecule has 2 aliphatic heterocycles. The van der Waals surface area contributed by atoms with Crippen LogP contribution in [-0.2, 0) is 30.0 Å². The van der Waals surface area contributed by atoms with E-state index in [0.29, 0.717) is 25.7 Å². The highest BCUT2D eigenvalue weighted by Gasteiger charge is 2.32. The van der Waals surface area contributed by atoms with Crippen LogP contribution in [0.4, 0.5) is 0 Å². The lowest BCUT2D eigenvalue weighted by Crippen LogP contribution is -2.39. The van der Waals surface area contributed by atoms with E-state index in [2.05, 4.69) is 50.5 Å². The fraction of sp³-hybridized carbons (Fsp3) is 0.483. The minimum atomic E-state index is -0.331. The van der Waals surface area contributed by atoms with E-state index in [1.807, 2.05) is 24.3 Å². The second kappa shape index (κ2) is 9.96. The number of benzene rings is 1. The molecule has 1 aromatic heterocycles. The summed E-state index contributed by atoms with van der Waals surface area (Å²) in [6, 6.07) is 12.1. The third-order valence-electron chi connectivity index (χ3n) is 7.81. The highest BCUT2D eigenvalue weighted by Crippen LogP contribution is 2.37. The maximum Gasteiger partial charge on any atom is 0.234 e. The van der Waals surface area contributed by atoms with Crippen molar-refractivity contribution in [2.75, 3.05) is 0 Å². The molecular weight excluding hydrogens is 454 g/mol. The van der Waals surface area contributed by atoms with Crippen molar-refractivity contribution in [2.24, 2.45) is 0 Å². The Bertz CT molecular complexity index is 1180. The van der Waals surface area contributed by atoms with E-state index in [9.17, 15) is 19.2 Å². The zero-order chi connectivity index (χ0) is 26.1. The van der Waals surface area contributed by atoms with Crippen molar-refractivity contribution < 1.29 is 19.2 Å². The quantitative estimate of drug-likeness (QED) is 0.568. The number of rotatable bonds is 7. The monoisotopic (exact) mass is 489 g/mol. The molecule has 2 aliphatic rings. The van der Waals surface area contributed by atoms with E-state index in [1.54, 1.807) is 6.20 Å². The molecule has 7 heteroatoms. The van der Waals surface area contributed by atoms with Crippen molar-refractivity contribution in [3.05, 3.63) is 65.0 Å². The van der Waals surface area contributed by atoms with Crippen LogP contribution in [0.25, 0.3) is 0 Å². The first-order valence-corrected chi connectivity index (χ1v) is 12.7. The summed E-state index contributed by atoms with van der Waals surface area (Å²) in [5, 5.41) is 4.87. The molecule has 36 heavy (non-hydrogen) atoms. The number of carbonyl (C=O) groups excluding carboxylic acids is 4. The number of piperidine rings is 2. The molecule has 4 amide bonds. The number of carbonyl (C=O) groups is 4. The molecule has 190 valence electrons. The van der Waals surface area contributed by atoms with Crippen LogP contribution in [0.1, 0.15) is 100 Å². The molecule has 4 rings (SSSR count). The van der Waals surface area contributed by atoms with Crippen LogP contribution in [-0.4, -0.2) is 28.6 Å². The van der Waals surface area contributed by atoms with Crippen LogP contribution in [0, 0.1) is 0 Å². The third kappa shape index (κ3) is 5.55. The minimum absolute atomic E-state index is 0.124. The SMILES string of the molecule is CC(C)(CCC(C)(C)c1ccc(C2CCC(=O)NC2=O)cn1)c1cccc(C2CCC(=O)NC2=O)c1. The van der Waals surface area contributed by atoms with Crippen LogP contribution in [0.3, 0.4) is 0 Å². The smallest absolute Gasteiger partial charge is 0.234 e. The Morgan fingerprint density at radius 2 is 1.36 bits per heavy atom. The molecule has 0 bridgehead atoms. The number of hydrogen-bond donors (Lipinski definition) is 2. The van der Waals surface area contributed by atoms with Gasteiger partial charge in [-0.15, -0.1) is 0 Å². The van der Waals surface area contributed by atoms with E-state index in [-0.39, 0.29) is 46.3 Å². The number of imide groups is 2. The number of nitrogens with one attached hydrogen (secondary N) is 2. The van der Waals surface area contributed by atoms with E-state index < -0.39 is 0 Å². The first-order valence-electron chi connectivity index (χ1n) is 12.7. The van der Waals surface area contributed by atoms with E-state index in [1.165, 1.54) is 5.56 Å². The standard InChI is InChI=1S/C29H35N3O4/c1-28(2,20-7-5-6-18(16-20)21-9-12-24(33)31-26(21)35)14-15-29(3,4)23-11-8-19(17-30-23)22-10-13-25(34)32-27(22)36/h5-8,11,16-17,21-22H,9-10,12-15H2,1-4H3,(H,31,33,35)(H,32,34,36). The maximum absolute atomic E-state index is 12.4. The Kier molecular flexibility index (Phi) is 7.12. The van der Waals surface area contributed by atoms with Gasteiger partial charge in [0.25, 0.3) is 0 Å². The second-order valence-corrected chi connectivity index (χ2v) is 11.4. The lowest BCUT2D eigenvalue weighted by molar-refractivity contribution is -0.135. The summed E-state index contributed by atoms with van der Waals surface area (Å²) in [7, 11) is 0. The van der Waals surface area contributed by atoms with E-state index in [0.717, 1.165) is 29.7 Å². The van der Waals surface area contributed by atoms with Gasteiger partial charge in [0.1, 0.15) is 0 Å². The van der Waals surface area contributed by atoms with Gasteiger partial charge in [-0.2, -0.15) is 0 Å². The van der Waals surface area contributed by atoms with Crippen LogP contribution in [0.5, 0.6) is 0 Å². The van der Waals surface area contributed by atoms with Gasteiger partial charge in [0, 0.05) is 30.1 Å². The molecule has 0 aliphatic carbocycles. The van der Waals surface area contributed by atoms with Crippen molar-refractivity contribution in [3.63, 3.8) is 0 Å². The van der Waals surface area contributed by atoms with Crippen molar-refractivity contribution in [2.45, 2.75) is 88.9 Å². The van der Waals surface area contributed by atoms with Gasteiger partial charge in [0.2, 0.25) is 23.6 Å². The molecule has 2 fully saturated rings. The van der Waals surface area contributed by atoms with Gasteiger partial charge in [-0.1, -0.05) is 58.0 Å². The zero-order valence-electron chi connectivity index (χ0n) is 21.5. The first kappa shape index (κ1) is 25.7. The van der Waals surface area contributed by atoms with Crippen molar-refractivity contribution in [1.82, 2.24) is 15.6 Å². The second-order valence-electron chi connectivity index (χ2n) is 11.4. The zero-order valence-corrected chi connectivity index (χ0v) is 21.5. The predicted molar refractivity (Wildman–Crippen MR) is 136 cm³/mol. The molecular formula is C29H35N3O4. The molecule has 1 aromatic carbocycles. The molecule has 2 N–H and O–H groups in total. The number of hydrogen-bond acceptors (Lipinski definition) is 5. The Morgan fingerprint density at radius 1 is 0.778 bits per heavy atom. The summed E-state index contributed by atoms with van der Waals surface area (Å²) in [5.74, 6) is -1.50. The lowest BCUT2D eigenvalue weighted by Gasteiger charge is -2.32. The molecule has 3 heterocycles. The van der Waals surface area contributed by atoms with E-state index >= 15 is 0 Å². The fourth-order valence-electron chi connectivity index (χ4n) is 5.11. The Morgan fingerprint density at radius 3 is 1.92 bits per heavy atom. The lowest BCUT2D eigenvalue weighted by atomic mass is 9.73. The molecule has 2 saturated heterocycles. The largest absolute Gasteiger partial charge is 0.296 e. The molecule has 0 saturated carbocycles. The van der Waals surface area contributed by atoms with Gasteiger partial charge in [0.15, 0.2) is 0 Å². The summed E-state index contributed by atoms with van der Waals surface area (Å²) in [6.45, 7) is 8.78. The van der Waals surface area contributed by atoms with Crippen LogP contribution in [0.15, 0.2) is 42.6 Å². The maximum atomic E-state index is 12.4. The van der Waals surface area contributed by atoms with Crippen LogP contribution < -0.4 is 10.6 Å². The fourth-order valence-corrected chi connectivity index (χ4v) is 5.11. The molecule has 2 unspecified atom stereocenters. The summed E-state index contributed by atoms with van der Waals surface area (Å²) < 4.78 is 0. The van der Waals surface area contributed by atoms with Crippen molar-refractivity contribution >= 4 is 23.6 Å². The van der Waals surface area contributed by atoms with Gasteiger partial charge in [0.05, 0.1) is 11.8 Å². The average molecular weight is 490 g/mol. The highest BCUT2D eigenvalue weighted by molar-refractivity contribution is 6.01. The molecule has 7 nitrogen and oxygen atoms in total. The van der Waals surface area contributed by atoms with Crippen molar-refractivity contribution in [1.29, 1.82) is 0 Å². The first-order chi connectivity index (χ1) is 17.0. The number of nitrogens with zero attached hydrogens (tertiary/aromatic N) is 1. The van der Waals surface area contributed by atoms with Crippen LogP contribution >= 0.6 is 0 Å². The topological polar surface area (TPSA) is 105 Å². The van der Waals surface area contributed by atoms with Gasteiger partial charge in [-0.25, -0.2) is 0 Å². The van der Waals surface area contributed by atoms with Crippen LogP contribution in [0.2, 0.25) is 0 Å². The summed E-state index contributed by atoms with van der Waals surface area (Å²) in [4.78, 5) is 52.2. The van der Waals surface area contributed by atoms with E-state index in [4.69, 9.17) is 4.98 Å². The number of aromatic nitrogens is 1. The Balaban J connectivity index is 1.43. The Hall–Kier alpha value is -3.35. The summed E-state index contributed by atoms with van der Waals surface area (Å²) >= 11 is 0. The third-order valence-corrected chi connectivity index (χ3v) is 7.81. The van der Waals surface area contributed by atoms with Gasteiger partial charge in [-0.3, -0.25) is 34.8 Å². The van der Waals surface area contributed by atoms with Gasteiger partial charge >= 0.3 is 0 Å². The average Bonchev–Trinajstić information content (AvgIpc) is 2.83. The predicted octanol–water partition coefficient (Wildman–Crippen LogP) is 4.16. The van der Waals surface area contributed by atoms with Gasteiger partial charge in [-0.05, 0) is 53.9 Å². The molecule has 2 aromatic rings. The molecule has 0 radical (unpaired) electrons. The normalized spacial score (nSPS) is 21.2. The Labute approximate surface area is 212 Å². The van der Waals surface area contributed by atoms with Gasteiger partial charge < -0.3 is 0 Å². The molecule has 2 atom stereocenters. The summed E-state index contributed by atoms with van der Waals surface area (Å²) in [5.41, 5.74) is 3.62. The summed E-state index contributed by atoms with van der Waals surface area (Å²) in [6.07, 6.45) is 5.36.